The average Bonchev–Trinajstić information content (AvgIpc) is 3.07. The summed E-state index contributed by atoms with van der Waals surface area (Å²) in [6, 6.07) is 8.81. The predicted octanol–water partition coefficient (Wildman–Crippen LogP) is 2.65. The molecule has 0 radical (unpaired) electrons. The van der Waals surface area contributed by atoms with Gasteiger partial charge in [0, 0.05) is 17.3 Å². The SMILES string of the molecule is O=C1NC[C@@H](C(=O)NC(c2ccc(Cl)cc2)c2ccc(OC(F)F)nc2)O1. The third-order valence-corrected chi connectivity index (χ3v) is 4.02. The number of hydrogen-bond donors (Lipinski definition) is 2. The minimum Gasteiger partial charge on any atom is -0.434 e. The second-order valence-corrected chi connectivity index (χ2v) is 6.01. The molecular weight excluding hydrogens is 384 g/mol. The van der Waals surface area contributed by atoms with E-state index in [1.54, 1.807) is 24.3 Å². The van der Waals surface area contributed by atoms with Gasteiger partial charge in [-0.25, -0.2) is 9.78 Å². The minimum atomic E-state index is -2.99. The number of cyclic esters (lactones) is 1. The van der Waals surface area contributed by atoms with Gasteiger partial charge in [0.05, 0.1) is 12.6 Å². The van der Waals surface area contributed by atoms with Gasteiger partial charge in [0.2, 0.25) is 5.88 Å². The predicted molar refractivity (Wildman–Crippen MR) is 90.6 cm³/mol. The fraction of sp³-hybridized carbons (Fsp3) is 0.235. The second kappa shape index (κ2) is 8.17. The van der Waals surface area contributed by atoms with Crippen LogP contribution in [0.3, 0.4) is 0 Å². The van der Waals surface area contributed by atoms with Crippen LogP contribution in [0.25, 0.3) is 0 Å². The first-order valence-electron chi connectivity index (χ1n) is 7.83. The molecule has 142 valence electrons. The molecule has 7 nitrogen and oxygen atoms in total. The fourth-order valence-corrected chi connectivity index (χ4v) is 2.63. The van der Waals surface area contributed by atoms with Gasteiger partial charge in [-0.2, -0.15) is 8.78 Å². The number of carbonyl (C=O) groups is 2. The molecule has 1 saturated heterocycles. The number of nitrogens with one attached hydrogen (secondary N) is 2. The Bertz CT molecular complexity index is 818. The molecule has 1 aromatic heterocycles. The number of alkyl halides is 2. The first-order chi connectivity index (χ1) is 12.9. The molecule has 10 heteroatoms. The third-order valence-electron chi connectivity index (χ3n) is 3.77. The zero-order chi connectivity index (χ0) is 19.4. The summed E-state index contributed by atoms with van der Waals surface area (Å²) in [5.74, 6) is -0.759. The first-order valence-corrected chi connectivity index (χ1v) is 8.21. The molecule has 27 heavy (non-hydrogen) atoms. The summed E-state index contributed by atoms with van der Waals surface area (Å²) in [7, 11) is 0. The van der Waals surface area contributed by atoms with E-state index >= 15 is 0 Å². The lowest BCUT2D eigenvalue weighted by atomic mass is 10.00. The highest BCUT2D eigenvalue weighted by Gasteiger charge is 2.31. The number of rotatable bonds is 6. The summed E-state index contributed by atoms with van der Waals surface area (Å²) < 4.78 is 33.7. The molecule has 2 heterocycles. The van der Waals surface area contributed by atoms with Gasteiger partial charge in [0.25, 0.3) is 5.91 Å². The Kier molecular flexibility index (Phi) is 5.70. The van der Waals surface area contributed by atoms with Crippen molar-refractivity contribution < 1.29 is 27.8 Å². The zero-order valence-corrected chi connectivity index (χ0v) is 14.5. The Hall–Kier alpha value is -2.94. The molecule has 2 N–H and O–H groups in total. The number of amides is 2. The largest absolute Gasteiger partial charge is 0.434 e. The Morgan fingerprint density at radius 3 is 2.52 bits per heavy atom. The van der Waals surface area contributed by atoms with Crippen LogP contribution in [-0.2, 0) is 9.53 Å². The summed E-state index contributed by atoms with van der Waals surface area (Å²) in [4.78, 5) is 27.4. The Morgan fingerprint density at radius 2 is 1.96 bits per heavy atom. The number of halogens is 3. The van der Waals surface area contributed by atoms with Crippen LogP contribution < -0.4 is 15.4 Å². The zero-order valence-electron chi connectivity index (χ0n) is 13.7. The van der Waals surface area contributed by atoms with Crippen LogP contribution in [0.2, 0.25) is 5.02 Å². The van der Waals surface area contributed by atoms with Crippen molar-refractivity contribution in [1.29, 1.82) is 0 Å². The first kappa shape index (κ1) is 18.8. The van der Waals surface area contributed by atoms with Crippen molar-refractivity contribution in [1.82, 2.24) is 15.6 Å². The lowest BCUT2D eigenvalue weighted by Crippen LogP contribution is -2.39. The van der Waals surface area contributed by atoms with Crippen LogP contribution in [0.1, 0.15) is 17.2 Å². The van der Waals surface area contributed by atoms with Gasteiger partial charge in [-0.15, -0.1) is 0 Å². The molecule has 1 aromatic carbocycles. The van der Waals surface area contributed by atoms with Gasteiger partial charge in [0.15, 0.2) is 6.10 Å². The molecule has 0 spiro atoms. The van der Waals surface area contributed by atoms with E-state index in [0.717, 1.165) is 0 Å². The number of alkyl carbamates (subject to hydrolysis) is 1. The monoisotopic (exact) mass is 397 g/mol. The second-order valence-electron chi connectivity index (χ2n) is 5.58. The molecule has 2 aromatic rings. The summed E-state index contributed by atoms with van der Waals surface area (Å²) in [5.41, 5.74) is 1.19. The molecule has 1 unspecified atom stereocenters. The number of ether oxygens (including phenoxy) is 2. The average molecular weight is 398 g/mol. The Balaban J connectivity index is 1.84. The van der Waals surface area contributed by atoms with Crippen molar-refractivity contribution in [2.24, 2.45) is 0 Å². The van der Waals surface area contributed by atoms with E-state index in [-0.39, 0.29) is 12.4 Å². The number of carbonyl (C=O) groups excluding carboxylic acids is 2. The van der Waals surface area contributed by atoms with E-state index in [1.165, 1.54) is 18.3 Å². The van der Waals surface area contributed by atoms with E-state index in [2.05, 4.69) is 20.4 Å². The molecule has 0 aliphatic carbocycles. The van der Waals surface area contributed by atoms with Crippen molar-refractivity contribution in [2.45, 2.75) is 18.8 Å². The standard InChI is InChI=1S/C17H14ClF2N3O4/c18-11-4-1-9(2-5-11)14(23-15(24)12-8-22-17(25)26-12)10-3-6-13(21-7-10)27-16(19)20/h1-7,12,14,16H,8H2,(H,22,25)(H,23,24)/t12-,14?/m0/s1. The van der Waals surface area contributed by atoms with Crippen LogP contribution in [0.15, 0.2) is 42.6 Å². The summed E-state index contributed by atoms with van der Waals surface area (Å²) in [6.45, 7) is -2.93. The highest BCUT2D eigenvalue weighted by Crippen LogP contribution is 2.25. The quantitative estimate of drug-likeness (QED) is 0.782. The van der Waals surface area contributed by atoms with E-state index in [1.807, 2.05) is 0 Å². The van der Waals surface area contributed by atoms with Crippen LogP contribution in [0, 0.1) is 0 Å². The topological polar surface area (TPSA) is 89.6 Å². The van der Waals surface area contributed by atoms with E-state index < -0.39 is 30.8 Å². The normalized spacial score (nSPS) is 17.2. The van der Waals surface area contributed by atoms with E-state index in [0.29, 0.717) is 16.1 Å². The number of hydrogen-bond acceptors (Lipinski definition) is 5. The molecule has 1 aliphatic rings. The van der Waals surface area contributed by atoms with Crippen LogP contribution in [-0.4, -0.2) is 36.2 Å². The molecule has 1 aliphatic heterocycles. The van der Waals surface area contributed by atoms with Crippen molar-refractivity contribution in [2.75, 3.05) is 6.54 Å². The minimum absolute atomic E-state index is 0.0530. The maximum absolute atomic E-state index is 12.4. The number of benzene rings is 1. The molecule has 2 atom stereocenters. The highest BCUT2D eigenvalue weighted by atomic mass is 35.5. The lowest BCUT2D eigenvalue weighted by molar-refractivity contribution is -0.128. The maximum atomic E-state index is 12.4. The van der Waals surface area contributed by atoms with Crippen molar-refractivity contribution >= 4 is 23.6 Å². The summed E-state index contributed by atoms with van der Waals surface area (Å²) >= 11 is 5.90. The lowest BCUT2D eigenvalue weighted by Gasteiger charge is -2.21. The number of aromatic nitrogens is 1. The maximum Gasteiger partial charge on any atom is 0.408 e. The van der Waals surface area contributed by atoms with E-state index in [4.69, 9.17) is 16.3 Å². The van der Waals surface area contributed by atoms with Gasteiger partial charge in [-0.05, 0) is 29.3 Å². The van der Waals surface area contributed by atoms with Gasteiger partial charge >= 0.3 is 12.7 Å². The van der Waals surface area contributed by atoms with Crippen molar-refractivity contribution in [3.63, 3.8) is 0 Å². The van der Waals surface area contributed by atoms with Gasteiger partial charge < -0.3 is 20.1 Å². The van der Waals surface area contributed by atoms with Crippen molar-refractivity contribution in [3.8, 4) is 5.88 Å². The summed E-state index contributed by atoms with van der Waals surface area (Å²) in [6.07, 6.45) is -0.328. The molecule has 1 fully saturated rings. The summed E-state index contributed by atoms with van der Waals surface area (Å²) in [5, 5.41) is 5.67. The van der Waals surface area contributed by atoms with E-state index in [9.17, 15) is 18.4 Å². The molecule has 0 saturated carbocycles. The third kappa shape index (κ3) is 4.82. The number of pyridine rings is 1. The fourth-order valence-electron chi connectivity index (χ4n) is 2.51. The van der Waals surface area contributed by atoms with Gasteiger partial charge in [-0.3, -0.25) is 4.79 Å². The van der Waals surface area contributed by atoms with Crippen molar-refractivity contribution in [3.05, 3.63) is 58.7 Å². The van der Waals surface area contributed by atoms with Gasteiger partial charge in [-0.1, -0.05) is 23.7 Å². The van der Waals surface area contributed by atoms with Crippen LogP contribution in [0.4, 0.5) is 13.6 Å². The molecular formula is C17H14ClF2N3O4. The van der Waals surface area contributed by atoms with Gasteiger partial charge in [0.1, 0.15) is 0 Å². The smallest absolute Gasteiger partial charge is 0.408 e. The molecule has 0 bridgehead atoms. The highest BCUT2D eigenvalue weighted by molar-refractivity contribution is 6.30. The Morgan fingerprint density at radius 1 is 1.26 bits per heavy atom. The number of nitrogens with zero attached hydrogens (tertiary/aromatic N) is 1. The van der Waals surface area contributed by atoms with Crippen LogP contribution >= 0.6 is 11.6 Å². The molecule has 2 amide bonds. The molecule has 3 rings (SSSR count). The Labute approximate surface area is 157 Å². The van der Waals surface area contributed by atoms with Crippen LogP contribution in [0.5, 0.6) is 5.88 Å².